The van der Waals surface area contributed by atoms with Crippen molar-refractivity contribution in [2.24, 2.45) is 7.05 Å². The lowest BCUT2D eigenvalue weighted by Crippen LogP contribution is -2.42. The van der Waals surface area contributed by atoms with Crippen LogP contribution in [0, 0.1) is 0 Å². The van der Waals surface area contributed by atoms with Gasteiger partial charge in [0.15, 0.2) is 0 Å². The van der Waals surface area contributed by atoms with Crippen molar-refractivity contribution >= 4 is 59.3 Å². The van der Waals surface area contributed by atoms with E-state index in [9.17, 15) is 14.4 Å². The van der Waals surface area contributed by atoms with E-state index in [0.717, 1.165) is 34.7 Å². The number of halogens is 2. The molecule has 0 saturated carbocycles. The van der Waals surface area contributed by atoms with E-state index in [1.807, 2.05) is 42.3 Å². The lowest BCUT2D eigenvalue weighted by molar-refractivity contribution is 0.0184. The lowest BCUT2D eigenvalue weighted by Gasteiger charge is -2.33. The van der Waals surface area contributed by atoms with Crippen LogP contribution in [0.2, 0.25) is 35.7 Å². The molecule has 12 nitrogen and oxygen atoms in total. The largest absolute Gasteiger partial charge is 0.444 e. The highest BCUT2D eigenvalue weighted by Crippen LogP contribution is 2.33. The molecule has 266 valence electrons. The first-order valence-corrected chi connectivity index (χ1v) is 21.2. The van der Waals surface area contributed by atoms with Crippen LogP contribution in [0.1, 0.15) is 39.7 Å². The summed E-state index contributed by atoms with van der Waals surface area (Å²) < 4.78 is 18.1. The number of hydrogen-bond acceptors (Lipinski definition) is 7. The Labute approximate surface area is 301 Å². The first kappa shape index (κ1) is 35.9. The second-order valence-corrected chi connectivity index (χ2v) is 21.5. The maximum Gasteiger partial charge on any atom is 0.410 e. The van der Waals surface area contributed by atoms with Crippen molar-refractivity contribution in [3.8, 4) is 16.9 Å². The van der Waals surface area contributed by atoms with Crippen LogP contribution in [-0.4, -0.2) is 72.8 Å². The van der Waals surface area contributed by atoms with Gasteiger partial charge in [-0.05, 0) is 57.9 Å². The molecule has 0 radical (unpaired) electrons. The number of fused-ring (bicyclic) bond motifs is 3. The van der Waals surface area contributed by atoms with Crippen molar-refractivity contribution in [2.75, 3.05) is 19.7 Å². The number of pyridine rings is 1. The Bertz CT molecular complexity index is 2180. The zero-order valence-corrected chi connectivity index (χ0v) is 32.0. The topological polar surface area (TPSA) is 118 Å². The van der Waals surface area contributed by atoms with E-state index in [-0.39, 0.29) is 40.0 Å². The fraction of sp³-hybridized carbons (Fsp3) is 0.457. The first-order valence-electron chi connectivity index (χ1n) is 16.7. The van der Waals surface area contributed by atoms with Gasteiger partial charge in [-0.25, -0.2) is 19.1 Å². The quantitative estimate of drug-likeness (QED) is 0.123. The second kappa shape index (κ2) is 13.7. The molecular weight excluding hydrogens is 697 g/mol. The number of para-hydroxylation sites is 1. The van der Waals surface area contributed by atoms with E-state index in [1.165, 1.54) is 10.8 Å². The van der Waals surface area contributed by atoms with Crippen LogP contribution in [0.3, 0.4) is 0 Å². The Morgan fingerprint density at radius 2 is 1.72 bits per heavy atom. The van der Waals surface area contributed by atoms with Crippen molar-refractivity contribution in [1.82, 2.24) is 33.4 Å². The molecule has 1 aromatic carbocycles. The number of rotatable bonds is 8. The molecule has 0 aliphatic carbocycles. The number of aryl methyl sites for hydroxylation is 1. The number of aromatic nitrogens is 6. The highest BCUT2D eigenvalue weighted by molar-refractivity contribution is 6.76. The number of carbonyl (C=O) groups is 1. The fourth-order valence-electron chi connectivity index (χ4n) is 6.27. The van der Waals surface area contributed by atoms with Crippen LogP contribution in [0.4, 0.5) is 4.79 Å². The molecule has 4 aromatic heterocycles. The lowest BCUT2D eigenvalue weighted by atomic mass is 10.1. The summed E-state index contributed by atoms with van der Waals surface area (Å²) in [6.45, 7) is 14.5. The molecule has 50 heavy (non-hydrogen) atoms. The van der Waals surface area contributed by atoms with Crippen LogP contribution in [0.25, 0.3) is 38.9 Å². The van der Waals surface area contributed by atoms with Gasteiger partial charge in [-0.2, -0.15) is 5.10 Å². The SMILES string of the molecule is Cn1c(=O)n(-c2c(Cl)cccc2Cl)c(=O)c2cnc3c(cc(-c4cnn(C5CCN(C(=O)OC(C)(C)C)CC5)c4)n3COCC[Si](C)(C)C)c21. The number of likely N-dealkylation sites (tertiary alicyclic amines) is 1. The van der Waals surface area contributed by atoms with Crippen molar-refractivity contribution < 1.29 is 14.3 Å². The third kappa shape index (κ3) is 7.14. The van der Waals surface area contributed by atoms with Gasteiger partial charge >= 0.3 is 11.8 Å². The van der Waals surface area contributed by atoms with Gasteiger partial charge in [0.05, 0.1) is 44.6 Å². The predicted molar refractivity (Wildman–Crippen MR) is 200 cm³/mol. The van der Waals surface area contributed by atoms with Gasteiger partial charge in [-0.15, -0.1) is 0 Å². The van der Waals surface area contributed by atoms with Gasteiger partial charge in [0.1, 0.15) is 18.0 Å². The van der Waals surface area contributed by atoms with Crippen molar-refractivity contribution in [1.29, 1.82) is 0 Å². The number of carbonyl (C=O) groups excluding carboxylic acids is 1. The molecule has 0 N–H and O–H groups in total. The smallest absolute Gasteiger partial charge is 0.410 e. The van der Waals surface area contributed by atoms with E-state index in [0.29, 0.717) is 36.2 Å². The maximum absolute atomic E-state index is 13.9. The molecule has 5 aromatic rings. The monoisotopic (exact) mass is 739 g/mol. The minimum absolute atomic E-state index is 0.100. The molecule has 0 atom stereocenters. The van der Waals surface area contributed by atoms with Crippen LogP contribution < -0.4 is 11.2 Å². The Morgan fingerprint density at radius 3 is 2.36 bits per heavy atom. The van der Waals surface area contributed by atoms with Gasteiger partial charge in [0, 0.05) is 58.2 Å². The number of benzene rings is 1. The summed E-state index contributed by atoms with van der Waals surface area (Å²) in [5.74, 6) is 0. The number of piperidine rings is 1. The number of nitrogens with zero attached hydrogens (tertiary/aromatic N) is 7. The summed E-state index contributed by atoms with van der Waals surface area (Å²) in [5, 5.41) is 5.96. The first-order chi connectivity index (χ1) is 23.5. The molecular formula is C35H43Cl2N7O5Si. The molecule has 1 saturated heterocycles. The fourth-order valence-corrected chi connectivity index (χ4v) is 7.59. The Hall–Kier alpha value is -3.91. The summed E-state index contributed by atoms with van der Waals surface area (Å²) in [5.41, 5.74) is 1.05. The highest BCUT2D eigenvalue weighted by atomic mass is 35.5. The average molecular weight is 741 g/mol. The molecule has 1 aliphatic rings. The number of amides is 1. The van der Waals surface area contributed by atoms with Gasteiger partial charge in [-0.1, -0.05) is 48.9 Å². The van der Waals surface area contributed by atoms with Crippen LogP contribution >= 0.6 is 23.2 Å². The molecule has 15 heteroatoms. The number of ether oxygens (including phenoxy) is 2. The van der Waals surface area contributed by atoms with Crippen molar-refractivity contribution in [3.63, 3.8) is 0 Å². The minimum atomic E-state index is -1.34. The molecule has 6 rings (SSSR count). The summed E-state index contributed by atoms with van der Waals surface area (Å²) >= 11 is 12.9. The molecule has 5 heterocycles. The summed E-state index contributed by atoms with van der Waals surface area (Å²) in [6, 6.07) is 7.85. The molecule has 0 bridgehead atoms. The second-order valence-electron chi connectivity index (χ2n) is 15.0. The zero-order valence-electron chi connectivity index (χ0n) is 29.5. The van der Waals surface area contributed by atoms with Crippen LogP contribution in [0.15, 0.2) is 52.4 Å². The average Bonchev–Trinajstić information content (AvgIpc) is 3.67. The van der Waals surface area contributed by atoms with Crippen LogP contribution in [0.5, 0.6) is 0 Å². The standard InChI is InChI=1S/C35H43Cl2N7O5Si/c1-35(2,3)49-34(47)41-13-11-23(12-14-41)43-20-22(18-39-43)28-17-24-29-25(19-38-31(24)42(28)21-48-15-16-50(5,6)7)32(45)44(33(46)40(29)4)30-26(36)9-8-10-27(30)37/h8-10,17-20,23H,11-16,21H2,1-7H3. The normalized spacial score (nSPS) is 14.6. The van der Waals surface area contributed by atoms with E-state index in [4.69, 9.17) is 42.8 Å². The molecule has 1 aliphatic heterocycles. The van der Waals surface area contributed by atoms with Crippen LogP contribution in [-0.2, 0) is 23.3 Å². The summed E-state index contributed by atoms with van der Waals surface area (Å²) in [7, 11) is 0.281. The summed E-state index contributed by atoms with van der Waals surface area (Å²) in [4.78, 5) is 46.9. The Kier molecular flexibility index (Phi) is 9.81. The Balaban J connectivity index is 1.40. The van der Waals surface area contributed by atoms with E-state index in [2.05, 4.69) is 19.6 Å². The van der Waals surface area contributed by atoms with Crippen molar-refractivity contribution in [3.05, 3.63) is 73.7 Å². The summed E-state index contributed by atoms with van der Waals surface area (Å²) in [6.07, 6.45) is 6.46. The molecule has 0 unspecified atom stereocenters. The highest BCUT2D eigenvalue weighted by Gasteiger charge is 2.29. The van der Waals surface area contributed by atoms with Crippen molar-refractivity contribution in [2.45, 2.75) is 77.7 Å². The van der Waals surface area contributed by atoms with Gasteiger partial charge in [0.25, 0.3) is 5.56 Å². The van der Waals surface area contributed by atoms with Gasteiger partial charge < -0.3 is 18.9 Å². The molecule has 0 spiro atoms. The van der Waals surface area contributed by atoms with E-state index >= 15 is 0 Å². The molecule has 1 amide bonds. The van der Waals surface area contributed by atoms with Gasteiger partial charge in [0.2, 0.25) is 0 Å². The third-order valence-corrected chi connectivity index (χ3v) is 11.2. The zero-order chi connectivity index (χ0) is 36.1. The third-order valence-electron chi connectivity index (χ3n) is 8.91. The minimum Gasteiger partial charge on any atom is -0.444 e. The van der Waals surface area contributed by atoms with E-state index < -0.39 is 24.9 Å². The van der Waals surface area contributed by atoms with E-state index in [1.54, 1.807) is 36.3 Å². The Morgan fingerprint density at radius 1 is 1.04 bits per heavy atom. The van der Waals surface area contributed by atoms with Gasteiger partial charge in [-0.3, -0.25) is 14.0 Å². The predicted octanol–water partition coefficient (Wildman–Crippen LogP) is 7.09. The molecule has 1 fully saturated rings. The maximum atomic E-state index is 13.9. The number of hydrogen-bond donors (Lipinski definition) is 0.